The van der Waals surface area contributed by atoms with E-state index in [-0.39, 0.29) is 17.9 Å². The van der Waals surface area contributed by atoms with Crippen molar-refractivity contribution in [1.82, 2.24) is 4.90 Å². The summed E-state index contributed by atoms with van der Waals surface area (Å²) in [6.45, 7) is 3.23. The first-order valence-corrected chi connectivity index (χ1v) is 6.60. The van der Waals surface area contributed by atoms with E-state index >= 15 is 0 Å². The van der Waals surface area contributed by atoms with Crippen LogP contribution in [0.25, 0.3) is 0 Å². The maximum Gasteiger partial charge on any atom is 0.255 e. The molecule has 1 fully saturated rings. The summed E-state index contributed by atoms with van der Waals surface area (Å²) in [6.07, 6.45) is 0.385. The quantitative estimate of drug-likeness (QED) is 0.864. The number of carbonyl (C=O) groups is 1. The van der Waals surface area contributed by atoms with Gasteiger partial charge in [-0.25, -0.2) is 0 Å². The molecule has 0 saturated carbocycles. The highest BCUT2D eigenvalue weighted by molar-refractivity contribution is 9.10. The lowest BCUT2D eigenvalue weighted by atomic mass is 9.96. The number of piperidine rings is 1. The van der Waals surface area contributed by atoms with E-state index in [9.17, 15) is 9.90 Å². The highest BCUT2D eigenvalue weighted by atomic mass is 79.9. The molecule has 1 amide bonds. The minimum absolute atomic E-state index is 0.0382. The molecule has 2 rings (SSSR count). The topological polar surface area (TPSA) is 40.5 Å². The van der Waals surface area contributed by atoms with Gasteiger partial charge in [0, 0.05) is 17.6 Å². The summed E-state index contributed by atoms with van der Waals surface area (Å²) in [7, 11) is 0. The second kappa shape index (κ2) is 5.19. The van der Waals surface area contributed by atoms with E-state index in [0.717, 1.165) is 4.47 Å². The van der Waals surface area contributed by atoms with E-state index in [1.165, 1.54) is 0 Å². The van der Waals surface area contributed by atoms with Crippen LogP contribution in [-0.4, -0.2) is 35.1 Å². The third kappa shape index (κ3) is 2.69. The van der Waals surface area contributed by atoms with Gasteiger partial charge in [0.15, 0.2) is 0 Å². The van der Waals surface area contributed by atoms with Crippen LogP contribution in [0, 0.1) is 5.92 Å². The number of nitrogens with zero attached hydrogens (tertiary/aromatic N) is 1. The predicted octanol–water partition coefficient (Wildman–Crippen LogP) is 2.29. The van der Waals surface area contributed by atoms with Crippen LogP contribution in [0.1, 0.15) is 23.7 Å². The summed E-state index contributed by atoms with van der Waals surface area (Å²) in [6, 6.07) is 7.45. The van der Waals surface area contributed by atoms with Gasteiger partial charge in [0.05, 0.1) is 11.7 Å². The zero-order valence-electron chi connectivity index (χ0n) is 9.77. The van der Waals surface area contributed by atoms with Crippen LogP contribution in [0.2, 0.25) is 0 Å². The number of rotatable bonds is 1. The number of benzene rings is 1. The molecular formula is C13H16BrNO2. The van der Waals surface area contributed by atoms with Crippen molar-refractivity contribution in [3.05, 3.63) is 34.3 Å². The average molecular weight is 298 g/mol. The molecule has 0 bridgehead atoms. The number of carbonyl (C=O) groups excluding carboxylic acids is 1. The SMILES string of the molecule is CC1CN(C(=O)c2ccccc2Br)CCC1O. The second-order valence-corrected chi connectivity index (χ2v) is 5.42. The van der Waals surface area contributed by atoms with Crippen molar-refractivity contribution >= 4 is 21.8 Å². The van der Waals surface area contributed by atoms with Gasteiger partial charge in [-0.2, -0.15) is 0 Å². The Morgan fingerprint density at radius 3 is 2.82 bits per heavy atom. The van der Waals surface area contributed by atoms with Crippen molar-refractivity contribution in [3.63, 3.8) is 0 Å². The van der Waals surface area contributed by atoms with Crippen LogP contribution in [0.5, 0.6) is 0 Å². The van der Waals surface area contributed by atoms with Gasteiger partial charge in [-0.3, -0.25) is 4.79 Å². The van der Waals surface area contributed by atoms with Crippen LogP contribution < -0.4 is 0 Å². The fourth-order valence-electron chi connectivity index (χ4n) is 2.12. The maximum absolute atomic E-state index is 12.3. The van der Waals surface area contributed by atoms with Gasteiger partial charge < -0.3 is 10.0 Å². The van der Waals surface area contributed by atoms with Crippen LogP contribution >= 0.6 is 15.9 Å². The molecular weight excluding hydrogens is 282 g/mol. The molecule has 92 valence electrons. The summed E-state index contributed by atoms with van der Waals surface area (Å²) in [4.78, 5) is 14.1. The molecule has 0 radical (unpaired) electrons. The Bertz CT molecular complexity index is 422. The molecule has 3 nitrogen and oxygen atoms in total. The smallest absolute Gasteiger partial charge is 0.255 e. The van der Waals surface area contributed by atoms with Crippen molar-refractivity contribution in [2.75, 3.05) is 13.1 Å². The Morgan fingerprint density at radius 1 is 1.47 bits per heavy atom. The fourth-order valence-corrected chi connectivity index (χ4v) is 2.58. The van der Waals surface area contributed by atoms with Gasteiger partial charge in [-0.05, 0) is 40.4 Å². The molecule has 0 aromatic heterocycles. The third-order valence-corrected chi connectivity index (χ3v) is 3.94. The molecule has 1 aromatic carbocycles. The number of amides is 1. The van der Waals surface area contributed by atoms with Crippen molar-refractivity contribution in [3.8, 4) is 0 Å². The van der Waals surface area contributed by atoms with E-state index in [2.05, 4.69) is 15.9 Å². The van der Waals surface area contributed by atoms with Crippen molar-refractivity contribution in [2.24, 2.45) is 5.92 Å². The number of aliphatic hydroxyl groups is 1. The number of aliphatic hydroxyl groups excluding tert-OH is 1. The maximum atomic E-state index is 12.3. The Morgan fingerprint density at radius 2 is 2.18 bits per heavy atom. The van der Waals surface area contributed by atoms with Gasteiger partial charge in [0.25, 0.3) is 5.91 Å². The molecule has 2 unspecified atom stereocenters. The largest absolute Gasteiger partial charge is 0.393 e. The van der Waals surface area contributed by atoms with E-state index in [0.29, 0.717) is 25.1 Å². The monoisotopic (exact) mass is 297 g/mol. The third-order valence-electron chi connectivity index (χ3n) is 3.25. The zero-order chi connectivity index (χ0) is 12.4. The van der Waals surface area contributed by atoms with Crippen LogP contribution in [0.4, 0.5) is 0 Å². The van der Waals surface area contributed by atoms with E-state index in [4.69, 9.17) is 0 Å². The molecule has 1 N–H and O–H groups in total. The normalized spacial score (nSPS) is 24.8. The average Bonchev–Trinajstić information content (AvgIpc) is 2.32. The Balaban J connectivity index is 2.14. The fraction of sp³-hybridized carbons (Fsp3) is 0.462. The van der Waals surface area contributed by atoms with Gasteiger partial charge >= 0.3 is 0 Å². The van der Waals surface area contributed by atoms with Crippen molar-refractivity contribution in [1.29, 1.82) is 0 Å². The van der Waals surface area contributed by atoms with Crippen LogP contribution in [-0.2, 0) is 0 Å². The van der Waals surface area contributed by atoms with Gasteiger partial charge in [0.1, 0.15) is 0 Å². The molecule has 0 aliphatic carbocycles. The summed E-state index contributed by atoms with van der Waals surface area (Å²) in [5.41, 5.74) is 0.691. The number of hydrogen-bond acceptors (Lipinski definition) is 2. The summed E-state index contributed by atoms with van der Waals surface area (Å²) in [5.74, 6) is 0.186. The molecule has 1 heterocycles. The molecule has 2 atom stereocenters. The van der Waals surface area contributed by atoms with Gasteiger partial charge in [0.2, 0.25) is 0 Å². The minimum Gasteiger partial charge on any atom is -0.393 e. The molecule has 1 aromatic rings. The lowest BCUT2D eigenvalue weighted by Crippen LogP contribution is -2.45. The van der Waals surface area contributed by atoms with Gasteiger partial charge in [-0.15, -0.1) is 0 Å². The minimum atomic E-state index is -0.279. The molecule has 17 heavy (non-hydrogen) atoms. The summed E-state index contributed by atoms with van der Waals surface area (Å²) < 4.78 is 0.823. The van der Waals surface area contributed by atoms with Crippen molar-refractivity contribution < 1.29 is 9.90 Å². The molecule has 0 spiro atoms. The number of halogens is 1. The lowest BCUT2D eigenvalue weighted by molar-refractivity contribution is 0.0297. The van der Waals surface area contributed by atoms with E-state index in [1.54, 1.807) is 0 Å². The van der Waals surface area contributed by atoms with Crippen LogP contribution in [0.3, 0.4) is 0 Å². The van der Waals surface area contributed by atoms with E-state index < -0.39 is 0 Å². The molecule has 1 saturated heterocycles. The Labute approximate surface area is 110 Å². The number of hydrogen-bond donors (Lipinski definition) is 1. The first kappa shape index (κ1) is 12.6. The summed E-state index contributed by atoms with van der Waals surface area (Å²) in [5, 5.41) is 9.66. The molecule has 1 aliphatic heterocycles. The Kier molecular flexibility index (Phi) is 3.84. The molecule has 4 heteroatoms. The zero-order valence-corrected chi connectivity index (χ0v) is 11.4. The predicted molar refractivity (Wildman–Crippen MR) is 69.8 cm³/mol. The molecule has 1 aliphatic rings. The van der Waals surface area contributed by atoms with Gasteiger partial charge in [-0.1, -0.05) is 19.1 Å². The lowest BCUT2D eigenvalue weighted by Gasteiger charge is -2.34. The standard InChI is InChI=1S/C13H16BrNO2/c1-9-8-15(7-6-12(9)16)13(17)10-4-2-3-5-11(10)14/h2-5,9,12,16H,6-8H2,1H3. The first-order valence-electron chi connectivity index (χ1n) is 5.81. The van der Waals surface area contributed by atoms with Crippen LogP contribution in [0.15, 0.2) is 28.7 Å². The van der Waals surface area contributed by atoms with Crippen molar-refractivity contribution in [2.45, 2.75) is 19.4 Å². The highest BCUT2D eigenvalue weighted by Crippen LogP contribution is 2.22. The Hall–Kier alpha value is -0.870. The summed E-state index contributed by atoms with van der Waals surface area (Å²) >= 11 is 3.39. The first-order chi connectivity index (χ1) is 8.09. The van der Waals surface area contributed by atoms with E-state index in [1.807, 2.05) is 36.1 Å². The highest BCUT2D eigenvalue weighted by Gasteiger charge is 2.28. The number of likely N-dealkylation sites (tertiary alicyclic amines) is 1. The second-order valence-electron chi connectivity index (χ2n) is 4.56.